The molecule has 5 atom stereocenters. The topological polar surface area (TPSA) is 114 Å². The van der Waals surface area contributed by atoms with Gasteiger partial charge in [-0.15, -0.1) is 0 Å². The Labute approximate surface area is 232 Å². The summed E-state index contributed by atoms with van der Waals surface area (Å²) in [7, 11) is -2.21. The Morgan fingerprint density at radius 3 is 2.44 bits per heavy atom. The summed E-state index contributed by atoms with van der Waals surface area (Å²) in [6.07, 6.45) is -0.858. The van der Waals surface area contributed by atoms with Gasteiger partial charge in [0.2, 0.25) is 5.91 Å². The maximum absolute atomic E-state index is 13.8. The highest BCUT2D eigenvalue weighted by Crippen LogP contribution is 2.46. The second-order valence-electron chi connectivity index (χ2n) is 13.6. The Bertz CT molecular complexity index is 1140. The van der Waals surface area contributed by atoms with Crippen LogP contribution in [0.5, 0.6) is 5.75 Å². The van der Waals surface area contributed by atoms with Crippen LogP contribution in [-0.2, 0) is 30.2 Å². The molecule has 0 spiro atoms. The van der Waals surface area contributed by atoms with Gasteiger partial charge in [-0.1, -0.05) is 59.8 Å². The van der Waals surface area contributed by atoms with Gasteiger partial charge >= 0.3 is 5.97 Å². The van der Waals surface area contributed by atoms with Crippen LogP contribution in [0.1, 0.15) is 77.2 Å². The number of benzene rings is 1. The van der Waals surface area contributed by atoms with Crippen LogP contribution >= 0.6 is 0 Å². The number of aromatic hydroxyl groups is 1. The molecule has 10 heteroatoms. The predicted molar refractivity (Wildman–Crippen MR) is 149 cm³/mol. The lowest BCUT2D eigenvalue weighted by Crippen LogP contribution is -2.72. The summed E-state index contributed by atoms with van der Waals surface area (Å²) in [5, 5.41) is 13.2. The van der Waals surface area contributed by atoms with Crippen molar-refractivity contribution in [2.45, 2.75) is 122 Å². The van der Waals surface area contributed by atoms with E-state index < -0.39 is 44.3 Å². The first kappa shape index (κ1) is 29.5. The van der Waals surface area contributed by atoms with Crippen molar-refractivity contribution in [1.29, 1.82) is 0 Å². The average Bonchev–Trinajstić information content (AvgIpc) is 3.10. The molecule has 39 heavy (non-hydrogen) atoms. The van der Waals surface area contributed by atoms with Crippen LogP contribution in [0.2, 0.25) is 18.1 Å². The Morgan fingerprint density at radius 2 is 1.85 bits per heavy atom. The van der Waals surface area contributed by atoms with Crippen LogP contribution in [0.4, 0.5) is 0 Å². The molecule has 3 heterocycles. The summed E-state index contributed by atoms with van der Waals surface area (Å²) < 4.78 is 20.2. The smallest absolute Gasteiger partial charge is 0.342 e. The largest absolute Gasteiger partial charge is 0.507 e. The standard InChI is InChI=1S/C29H44N2O7Si/c1-16(2)13-18(21-14-17-11-10-12-20(32)23(17)27(35)36-21)30-26(34)25-24(37-29(6,7)38-25)19-15-22(33)31(19)39(8,9)28(3,4)5/h10-12,16,18-19,21,24-25,32H,13-15H2,1-9H3,(H,30,34)/t18-,19-,21-,24-,25-/m0/s1. The molecule has 1 aromatic rings. The first-order valence-electron chi connectivity index (χ1n) is 13.9. The van der Waals surface area contributed by atoms with Crippen LogP contribution in [0.3, 0.4) is 0 Å². The van der Waals surface area contributed by atoms with E-state index >= 15 is 0 Å². The van der Waals surface area contributed by atoms with Crippen molar-refractivity contribution in [2.75, 3.05) is 0 Å². The summed E-state index contributed by atoms with van der Waals surface area (Å²) in [6.45, 7) is 18.5. The summed E-state index contributed by atoms with van der Waals surface area (Å²) in [6, 6.07) is 4.24. The van der Waals surface area contributed by atoms with E-state index in [2.05, 4.69) is 39.2 Å². The molecule has 2 fully saturated rings. The summed E-state index contributed by atoms with van der Waals surface area (Å²) in [5.41, 5.74) is 0.870. The third kappa shape index (κ3) is 5.60. The van der Waals surface area contributed by atoms with Crippen LogP contribution in [0.15, 0.2) is 18.2 Å². The van der Waals surface area contributed by atoms with Gasteiger partial charge in [-0.05, 0) is 42.9 Å². The van der Waals surface area contributed by atoms with Gasteiger partial charge in [0.05, 0.1) is 12.1 Å². The van der Waals surface area contributed by atoms with Gasteiger partial charge in [0.15, 0.2) is 20.1 Å². The molecule has 216 valence electrons. The number of carbonyl (C=O) groups excluding carboxylic acids is 3. The number of nitrogens with zero attached hydrogens (tertiary/aromatic N) is 1. The fourth-order valence-corrected chi connectivity index (χ4v) is 8.32. The zero-order valence-corrected chi connectivity index (χ0v) is 25.7. The lowest BCUT2D eigenvalue weighted by molar-refractivity contribution is -0.164. The molecule has 4 rings (SSSR count). The highest BCUT2D eigenvalue weighted by atomic mass is 28.3. The number of hydrogen-bond donors (Lipinski definition) is 2. The molecular weight excluding hydrogens is 516 g/mol. The number of amides is 2. The van der Waals surface area contributed by atoms with Gasteiger partial charge < -0.3 is 29.2 Å². The highest BCUT2D eigenvalue weighted by Gasteiger charge is 2.59. The van der Waals surface area contributed by atoms with Crippen molar-refractivity contribution in [2.24, 2.45) is 5.92 Å². The van der Waals surface area contributed by atoms with Crippen molar-refractivity contribution in [1.82, 2.24) is 9.88 Å². The van der Waals surface area contributed by atoms with Gasteiger partial charge in [-0.3, -0.25) is 9.59 Å². The van der Waals surface area contributed by atoms with Crippen molar-refractivity contribution >= 4 is 26.0 Å². The molecule has 2 N–H and O–H groups in total. The zero-order valence-electron chi connectivity index (χ0n) is 24.7. The number of esters is 1. The molecule has 9 nitrogen and oxygen atoms in total. The van der Waals surface area contributed by atoms with Crippen molar-refractivity contribution in [3.8, 4) is 5.75 Å². The number of carbonyl (C=O) groups is 3. The summed E-state index contributed by atoms with van der Waals surface area (Å²) in [4.78, 5) is 39.5. The van der Waals surface area contributed by atoms with E-state index in [1.54, 1.807) is 26.0 Å². The van der Waals surface area contributed by atoms with E-state index in [4.69, 9.17) is 14.2 Å². The molecule has 1 aromatic carbocycles. The molecule has 0 aliphatic carbocycles. The Kier molecular flexibility index (Phi) is 7.72. The molecule has 3 aliphatic heterocycles. The minimum Gasteiger partial charge on any atom is -0.507 e. The number of phenolic OH excluding ortho intramolecular Hbond substituents is 1. The Morgan fingerprint density at radius 1 is 1.18 bits per heavy atom. The molecule has 0 unspecified atom stereocenters. The fourth-order valence-electron chi connectivity index (χ4n) is 5.81. The first-order valence-corrected chi connectivity index (χ1v) is 16.9. The predicted octanol–water partition coefficient (Wildman–Crippen LogP) is 4.13. The number of cyclic esters (lactones) is 1. The zero-order chi connectivity index (χ0) is 29.1. The third-order valence-corrected chi connectivity index (χ3v) is 14.2. The van der Waals surface area contributed by atoms with Crippen LogP contribution in [-0.4, -0.2) is 71.9 Å². The molecule has 2 saturated heterocycles. The van der Waals surface area contributed by atoms with Gasteiger partial charge in [0, 0.05) is 12.8 Å². The molecular formula is C29H44N2O7Si. The van der Waals surface area contributed by atoms with E-state index in [0.29, 0.717) is 24.8 Å². The van der Waals surface area contributed by atoms with E-state index in [-0.39, 0.29) is 40.1 Å². The minimum atomic E-state index is -2.21. The second-order valence-corrected chi connectivity index (χ2v) is 18.7. The summed E-state index contributed by atoms with van der Waals surface area (Å²) in [5.74, 6) is -1.74. The number of fused-ring (bicyclic) bond motifs is 1. The van der Waals surface area contributed by atoms with Crippen molar-refractivity contribution in [3.05, 3.63) is 29.3 Å². The average molecular weight is 561 g/mol. The Balaban J connectivity index is 1.57. The fraction of sp³-hybridized carbons (Fsp3) is 0.690. The molecule has 0 aromatic heterocycles. The summed E-state index contributed by atoms with van der Waals surface area (Å²) >= 11 is 0. The normalized spacial score (nSPS) is 27.6. The van der Waals surface area contributed by atoms with Gasteiger partial charge in [-0.2, -0.15) is 0 Å². The van der Waals surface area contributed by atoms with Gasteiger partial charge in [0.1, 0.15) is 23.5 Å². The third-order valence-electron chi connectivity index (χ3n) is 8.70. The lowest BCUT2D eigenvalue weighted by atomic mass is 9.90. The van der Waals surface area contributed by atoms with Gasteiger partial charge in [0.25, 0.3) is 5.91 Å². The molecule has 3 aliphatic rings. The van der Waals surface area contributed by atoms with Crippen LogP contribution in [0, 0.1) is 5.92 Å². The number of ether oxygens (including phenoxy) is 3. The molecule has 0 radical (unpaired) electrons. The number of β-lactam (4-membered cyclic amide) rings is 1. The van der Waals surface area contributed by atoms with Crippen molar-refractivity contribution in [3.63, 3.8) is 0 Å². The second kappa shape index (κ2) is 10.2. The van der Waals surface area contributed by atoms with E-state index in [1.165, 1.54) is 6.07 Å². The van der Waals surface area contributed by atoms with Gasteiger partial charge in [-0.25, -0.2) is 4.79 Å². The van der Waals surface area contributed by atoms with Crippen LogP contribution in [0.25, 0.3) is 0 Å². The monoisotopic (exact) mass is 560 g/mol. The maximum Gasteiger partial charge on any atom is 0.342 e. The number of phenols is 1. The highest BCUT2D eigenvalue weighted by molar-refractivity contribution is 6.80. The SMILES string of the molecule is CC(C)C[C@H](NC(=O)[C@H]1OC(C)(C)O[C@H]1[C@@H]1CC(=O)N1[Si](C)(C)C(C)(C)C)[C@@H]1Cc2cccc(O)c2C(=O)O1. The molecule has 0 saturated carbocycles. The molecule has 2 amide bonds. The number of nitrogens with one attached hydrogen (secondary N) is 1. The lowest BCUT2D eigenvalue weighted by Gasteiger charge is -2.56. The molecule has 0 bridgehead atoms. The number of rotatable bonds is 7. The van der Waals surface area contributed by atoms with E-state index in [9.17, 15) is 19.5 Å². The van der Waals surface area contributed by atoms with E-state index in [1.807, 2.05) is 18.4 Å². The minimum absolute atomic E-state index is 0.0635. The quantitative estimate of drug-likeness (QED) is 0.293. The number of hydrogen-bond acceptors (Lipinski definition) is 7. The first-order chi connectivity index (χ1) is 17.9. The van der Waals surface area contributed by atoms with E-state index in [0.717, 1.165) is 0 Å². The Hall–Kier alpha value is -2.43. The van der Waals surface area contributed by atoms with Crippen molar-refractivity contribution < 1.29 is 33.7 Å². The van der Waals surface area contributed by atoms with Crippen LogP contribution < -0.4 is 5.32 Å². The maximum atomic E-state index is 13.8.